The SMILES string of the molecule is CN(CCO)C(=O)NCCC1CCC1. The van der Waals surface area contributed by atoms with Crippen molar-refractivity contribution < 1.29 is 9.90 Å². The van der Waals surface area contributed by atoms with Crippen LogP contribution < -0.4 is 5.32 Å². The first-order chi connectivity index (χ1) is 6.74. The number of nitrogens with zero attached hydrogens (tertiary/aromatic N) is 1. The Hall–Kier alpha value is -0.770. The van der Waals surface area contributed by atoms with Crippen molar-refractivity contribution >= 4 is 6.03 Å². The van der Waals surface area contributed by atoms with Gasteiger partial charge in [-0.25, -0.2) is 4.79 Å². The predicted molar refractivity (Wildman–Crippen MR) is 55.1 cm³/mol. The topological polar surface area (TPSA) is 52.6 Å². The Morgan fingerprint density at radius 3 is 2.79 bits per heavy atom. The first-order valence-electron chi connectivity index (χ1n) is 5.34. The van der Waals surface area contributed by atoms with Gasteiger partial charge in [-0.2, -0.15) is 0 Å². The van der Waals surface area contributed by atoms with Crippen LogP contribution in [-0.2, 0) is 0 Å². The molecule has 0 aliphatic heterocycles. The van der Waals surface area contributed by atoms with Crippen molar-refractivity contribution in [1.82, 2.24) is 10.2 Å². The molecule has 1 aliphatic rings. The molecule has 4 heteroatoms. The molecule has 0 radical (unpaired) electrons. The van der Waals surface area contributed by atoms with Crippen molar-refractivity contribution in [3.8, 4) is 0 Å². The molecule has 1 rings (SSSR count). The standard InChI is InChI=1S/C10H20N2O2/c1-12(7-8-13)10(14)11-6-5-9-3-2-4-9/h9,13H,2-8H2,1H3,(H,11,14). The molecular formula is C10H20N2O2. The van der Waals surface area contributed by atoms with Crippen LogP contribution in [0.1, 0.15) is 25.7 Å². The van der Waals surface area contributed by atoms with Gasteiger partial charge in [-0.1, -0.05) is 19.3 Å². The molecule has 0 aromatic heterocycles. The lowest BCUT2D eigenvalue weighted by Gasteiger charge is -2.25. The lowest BCUT2D eigenvalue weighted by molar-refractivity contribution is 0.188. The van der Waals surface area contributed by atoms with E-state index in [9.17, 15) is 4.79 Å². The van der Waals surface area contributed by atoms with Crippen molar-refractivity contribution in [3.63, 3.8) is 0 Å². The Bertz CT molecular complexity index is 181. The van der Waals surface area contributed by atoms with Gasteiger partial charge in [0.05, 0.1) is 6.61 Å². The number of carbonyl (C=O) groups is 1. The molecule has 0 aromatic carbocycles. The summed E-state index contributed by atoms with van der Waals surface area (Å²) >= 11 is 0. The van der Waals surface area contributed by atoms with E-state index in [1.807, 2.05) is 0 Å². The highest BCUT2D eigenvalue weighted by molar-refractivity contribution is 5.73. The van der Waals surface area contributed by atoms with Crippen LogP contribution in [-0.4, -0.2) is 42.8 Å². The van der Waals surface area contributed by atoms with E-state index in [4.69, 9.17) is 5.11 Å². The summed E-state index contributed by atoms with van der Waals surface area (Å²) in [4.78, 5) is 12.8. The Labute approximate surface area is 85.3 Å². The minimum absolute atomic E-state index is 0.0204. The molecule has 0 spiro atoms. The third-order valence-electron chi connectivity index (χ3n) is 2.84. The number of hydrogen-bond donors (Lipinski definition) is 2. The lowest BCUT2D eigenvalue weighted by Crippen LogP contribution is -2.39. The molecule has 2 N–H and O–H groups in total. The summed E-state index contributed by atoms with van der Waals surface area (Å²) in [6.45, 7) is 1.18. The van der Waals surface area contributed by atoms with Crippen molar-refractivity contribution in [2.24, 2.45) is 5.92 Å². The Morgan fingerprint density at radius 1 is 1.57 bits per heavy atom. The van der Waals surface area contributed by atoms with Gasteiger partial charge in [0.2, 0.25) is 0 Å². The molecule has 1 aliphatic carbocycles. The molecule has 0 saturated heterocycles. The zero-order chi connectivity index (χ0) is 10.4. The van der Waals surface area contributed by atoms with E-state index in [2.05, 4.69) is 5.32 Å². The largest absolute Gasteiger partial charge is 0.395 e. The second-order valence-electron chi connectivity index (χ2n) is 3.96. The minimum Gasteiger partial charge on any atom is -0.395 e. The second kappa shape index (κ2) is 5.86. The highest BCUT2D eigenvalue weighted by Gasteiger charge is 2.17. The number of urea groups is 1. The van der Waals surface area contributed by atoms with Gasteiger partial charge in [-0.3, -0.25) is 0 Å². The third-order valence-corrected chi connectivity index (χ3v) is 2.84. The normalized spacial score (nSPS) is 16.1. The van der Waals surface area contributed by atoms with Gasteiger partial charge in [0, 0.05) is 20.1 Å². The zero-order valence-corrected chi connectivity index (χ0v) is 8.83. The number of rotatable bonds is 5. The molecule has 2 amide bonds. The van der Waals surface area contributed by atoms with Crippen molar-refractivity contribution in [1.29, 1.82) is 0 Å². The van der Waals surface area contributed by atoms with Gasteiger partial charge < -0.3 is 15.3 Å². The Kier molecular flexibility index (Phi) is 4.73. The molecule has 1 fully saturated rings. The molecule has 0 unspecified atom stereocenters. The van der Waals surface area contributed by atoms with Crippen LogP contribution in [0.25, 0.3) is 0 Å². The van der Waals surface area contributed by atoms with Crippen molar-refractivity contribution in [2.45, 2.75) is 25.7 Å². The maximum Gasteiger partial charge on any atom is 0.317 e. The van der Waals surface area contributed by atoms with Gasteiger partial charge >= 0.3 is 6.03 Å². The number of aliphatic hydroxyl groups excluding tert-OH is 1. The van der Waals surface area contributed by atoms with Gasteiger partial charge in [0.1, 0.15) is 0 Å². The van der Waals surface area contributed by atoms with Crippen molar-refractivity contribution in [3.05, 3.63) is 0 Å². The van der Waals surface area contributed by atoms with Crippen molar-refractivity contribution in [2.75, 3.05) is 26.7 Å². The monoisotopic (exact) mass is 200 g/mol. The van der Waals surface area contributed by atoms with Crippen LogP contribution in [0.4, 0.5) is 4.79 Å². The fourth-order valence-corrected chi connectivity index (χ4v) is 1.55. The molecule has 4 nitrogen and oxygen atoms in total. The summed E-state index contributed by atoms with van der Waals surface area (Å²) in [5.41, 5.74) is 0. The minimum atomic E-state index is -0.0848. The summed E-state index contributed by atoms with van der Waals surface area (Å²) in [6.07, 6.45) is 5.09. The fourth-order valence-electron chi connectivity index (χ4n) is 1.55. The van der Waals surface area contributed by atoms with E-state index in [1.165, 1.54) is 24.2 Å². The first-order valence-corrected chi connectivity index (χ1v) is 5.34. The summed E-state index contributed by atoms with van der Waals surface area (Å²) in [7, 11) is 1.69. The second-order valence-corrected chi connectivity index (χ2v) is 3.96. The Balaban J connectivity index is 2.01. The van der Waals surface area contributed by atoms with Crippen LogP contribution in [0, 0.1) is 5.92 Å². The maximum absolute atomic E-state index is 11.3. The molecule has 14 heavy (non-hydrogen) atoms. The van der Waals surface area contributed by atoms with Crippen LogP contribution in [0.5, 0.6) is 0 Å². The smallest absolute Gasteiger partial charge is 0.317 e. The summed E-state index contributed by atoms with van der Waals surface area (Å²) in [5.74, 6) is 0.832. The zero-order valence-electron chi connectivity index (χ0n) is 8.83. The Morgan fingerprint density at radius 2 is 2.29 bits per heavy atom. The number of hydrogen-bond acceptors (Lipinski definition) is 2. The third kappa shape index (κ3) is 3.54. The number of amides is 2. The number of aliphatic hydroxyl groups is 1. The molecule has 0 bridgehead atoms. The molecule has 1 saturated carbocycles. The van der Waals surface area contributed by atoms with E-state index >= 15 is 0 Å². The predicted octanol–water partition coefficient (Wildman–Crippen LogP) is 0.810. The highest BCUT2D eigenvalue weighted by Crippen LogP contribution is 2.28. The van der Waals surface area contributed by atoms with E-state index < -0.39 is 0 Å². The summed E-state index contributed by atoms with van der Waals surface area (Å²) in [5, 5.41) is 11.5. The molecule has 82 valence electrons. The van der Waals surface area contributed by atoms with Gasteiger partial charge in [-0.15, -0.1) is 0 Å². The average Bonchev–Trinajstić information content (AvgIpc) is 2.09. The number of nitrogens with one attached hydrogen (secondary N) is 1. The van der Waals surface area contributed by atoms with Crippen LogP contribution >= 0.6 is 0 Å². The van der Waals surface area contributed by atoms with Gasteiger partial charge in [0.25, 0.3) is 0 Å². The first kappa shape index (κ1) is 11.3. The molecule has 0 atom stereocenters. The molecule has 0 aromatic rings. The summed E-state index contributed by atoms with van der Waals surface area (Å²) in [6, 6.07) is -0.0848. The van der Waals surface area contributed by atoms with Gasteiger partial charge in [0.15, 0.2) is 0 Å². The van der Waals surface area contributed by atoms with Crippen LogP contribution in [0.2, 0.25) is 0 Å². The fraction of sp³-hybridized carbons (Fsp3) is 0.900. The van der Waals surface area contributed by atoms with E-state index in [0.29, 0.717) is 6.54 Å². The van der Waals surface area contributed by atoms with Crippen LogP contribution in [0.3, 0.4) is 0 Å². The maximum atomic E-state index is 11.3. The quantitative estimate of drug-likeness (QED) is 0.690. The van der Waals surface area contributed by atoms with E-state index in [1.54, 1.807) is 7.05 Å². The van der Waals surface area contributed by atoms with E-state index in [-0.39, 0.29) is 12.6 Å². The average molecular weight is 200 g/mol. The van der Waals surface area contributed by atoms with E-state index in [0.717, 1.165) is 18.9 Å². The van der Waals surface area contributed by atoms with Crippen LogP contribution in [0.15, 0.2) is 0 Å². The molecule has 0 heterocycles. The highest BCUT2D eigenvalue weighted by atomic mass is 16.3. The molecular weight excluding hydrogens is 180 g/mol. The number of carbonyl (C=O) groups excluding carboxylic acids is 1. The van der Waals surface area contributed by atoms with Gasteiger partial charge in [-0.05, 0) is 12.3 Å². The number of likely N-dealkylation sites (N-methyl/N-ethyl adjacent to an activating group) is 1. The lowest BCUT2D eigenvalue weighted by atomic mass is 9.83. The summed E-state index contributed by atoms with van der Waals surface area (Å²) < 4.78 is 0.